The molecule has 5 nitrogen and oxygen atoms in total. The topological polar surface area (TPSA) is 45.7 Å². The maximum Gasteiger partial charge on any atom is 0.228 e. The van der Waals surface area contributed by atoms with Gasteiger partial charge in [-0.3, -0.25) is 9.69 Å². The molecule has 0 aliphatic carbocycles. The van der Waals surface area contributed by atoms with Crippen LogP contribution in [-0.4, -0.2) is 60.6 Å². The van der Waals surface area contributed by atoms with E-state index in [1.54, 1.807) is 18.4 Å². The Labute approximate surface area is 142 Å². The summed E-state index contributed by atoms with van der Waals surface area (Å²) in [6, 6.07) is 0. The summed E-state index contributed by atoms with van der Waals surface area (Å²) in [4.78, 5) is 22.8. The van der Waals surface area contributed by atoms with Crippen molar-refractivity contribution in [3.63, 3.8) is 0 Å². The number of carbonyl (C=O) groups is 1. The zero-order valence-electron chi connectivity index (χ0n) is 14.4. The number of aryl methyl sites for hydroxylation is 1. The van der Waals surface area contributed by atoms with Gasteiger partial charge >= 0.3 is 0 Å². The maximum atomic E-state index is 12.6. The van der Waals surface area contributed by atoms with Crippen molar-refractivity contribution >= 4 is 17.2 Å². The summed E-state index contributed by atoms with van der Waals surface area (Å²) in [6.07, 6.45) is 2.17. The Morgan fingerprint density at radius 3 is 2.74 bits per heavy atom. The number of hydrogen-bond donors (Lipinski definition) is 0. The molecular weight excluding hydrogens is 310 g/mol. The molecule has 3 rings (SSSR count). The van der Waals surface area contributed by atoms with E-state index in [2.05, 4.69) is 23.7 Å². The second-order valence-corrected chi connectivity index (χ2v) is 7.80. The highest BCUT2D eigenvalue weighted by atomic mass is 32.1. The number of likely N-dealkylation sites (tertiary alicyclic amines) is 2. The Kier molecular flexibility index (Phi) is 5.04. The summed E-state index contributed by atoms with van der Waals surface area (Å²) in [5.41, 5.74) is 3.20. The zero-order chi connectivity index (χ0) is 16.4. The Morgan fingerprint density at radius 2 is 2.17 bits per heavy atom. The number of piperidine rings is 1. The molecule has 3 heterocycles. The molecule has 6 heteroatoms. The fourth-order valence-corrected chi connectivity index (χ4v) is 4.90. The molecule has 1 amide bonds. The fraction of sp³-hybridized carbons (Fsp3) is 0.765. The van der Waals surface area contributed by atoms with Crippen LogP contribution in [0.1, 0.15) is 30.3 Å². The Balaban J connectivity index is 1.66. The second-order valence-electron chi connectivity index (χ2n) is 6.86. The first-order valence-electron chi connectivity index (χ1n) is 8.48. The van der Waals surface area contributed by atoms with Gasteiger partial charge in [0.1, 0.15) is 0 Å². The van der Waals surface area contributed by atoms with Crippen molar-refractivity contribution in [3.8, 4) is 0 Å². The predicted molar refractivity (Wildman–Crippen MR) is 91.4 cm³/mol. The second kappa shape index (κ2) is 6.87. The van der Waals surface area contributed by atoms with Crippen LogP contribution < -0.4 is 0 Å². The number of hydrogen-bond acceptors (Lipinski definition) is 5. The highest BCUT2D eigenvalue weighted by molar-refractivity contribution is 7.09. The van der Waals surface area contributed by atoms with E-state index in [9.17, 15) is 4.79 Å². The summed E-state index contributed by atoms with van der Waals surface area (Å²) in [7, 11) is 1.71. The Bertz CT molecular complexity index is 552. The third-order valence-electron chi connectivity index (χ3n) is 5.63. The summed E-state index contributed by atoms with van der Waals surface area (Å²) in [5, 5.41) is 0. The minimum atomic E-state index is 0.0414. The molecule has 2 aliphatic heterocycles. The Hall–Kier alpha value is -0.980. The number of rotatable bonds is 5. The van der Waals surface area contributed by atoms with Crippen molar-refractivity contribution in [2.24, 2.45) is 11.3 Å². The lowest BCUT2D eigenvalue weighted by Crippen LogP contribution is -2.45. The SMILES string of the molecule is CCN1CC2(CCN(Cc3scnc3C)CC2)[C@@H](COC)C1=O. The number of thiazole rings is 1. The third-order valence-corrected chi connectivity index (χ3v) is 6.55. The number of ether oxygens (including phenoxy) is 1. The molecule has 0 aromatic carbocycles. The molecule has 1 atom stereocenters. The molecule has 0 radical (unpaired) electrons. The average molecular weight is 337 g/mol. The zero-order valence-corrected chi connectivity index (χ0v) is 15.2. The molecule has 23 heavy (non-hydrogen) atoms. The van der Waals surface area contributed by atoms with Gasteiger partial charge in [-0.25, -0.2) is 4.98 Å². The van der Waals surface area contributed by atoms with Gasteiger partial charge in [0, 0.05) is 37.0 Å². The molecule has 1 aromatic heterocycles. The highest BCUT2D eigenvalue weighted by Gasteiger charge is 2.52. The number of nitrogens with zero attached hydrogens (tertiary/aromatic N) is 3. The van der Waals surface area contributed by atoms with Crippen LogP contribution in [0, 0.1) is 18.3 Å². The number of amides is 1. The average Bonchev–Trinajstić information content (AvgIpc) is 3.06. The van der Waals surface area contributed by atoms with E-state index in [1.165, 1.54) is 4.88 Å². The Morgan fingerprint density at radius 1 is 1.43 bits per heavy atom. The van der Waals surface area contributed by atoms with E-state index in [0.29, 0.717) is 12.5 Å². The van der Waals surface area contributed by atoms with Gasteiger partial charge in [-0.1, -0.05) is 0 Å². The van der Waals surface area contributed by atoms with Gasteiger partial charge in [0.05, 0.1) is 23.7 Å². The minimum Gasteiger partial charge on any atom is -0.384 e. The van der Waals surface area contributed by atoms with Gasteiger partial charge in [0.15, 0.2) is 0 Å². The molecular formula is C17H27N3O2S. The summed E-state index contributed by atoms with van der Waals surface area (Å²) in [6.45, 7) is 9.54. The number of carbonyl (C=O) groups excluding carboxylic acids is 1. The smallest absolute Gasteiger partial charge is 0.228 e. The van der Waals surface area contributed by atoms with Crippen LogP contribution in [0.3, 0.4) is 0 Å². The summed E-state index contributed by atoms with van der Waals surface area (Å²) in [5.74, 6) is 0.334. The van der Waals surface area contributed by atoms with Crippen molar-refractivity contribution in [2.75, 3.05) is 39.9 Å². The first kappa shape index (κ1) is 16.9. The van der Waals surface area contributed by atoms with E-state index < -0.39 is 0 Å². The van der Waals surface area contributed by atoms with E-state index in [0.717, 1.165) is 51.3 Å². The van der Waals surface area contributed by atoms with Crippen LogP contribution in [0.2, 0.25) is 0 Å². The van der Waals surface area contributed by atoms with Crippen molar-refractivity contribution in [2.45, 2.75) is 33.2 Å². The molecule has 0 N–H and O–H groups in total. The van der Waals surface area contributed by atoms with Crippen LogP contribution in [0.15, 0.2) is 5.51 Å². The van der Waals surface area contributed by atoms with Gasteiger partial charge < -0.3 is 9.64 Å². The summed E-state index contributed by atoms with van der Waals surface area (Å²) < 4.78 is 5.38. The van der Waals surface area contributed by atoms with E-state index in [4.69, 9.17) is 4.74 Å². The molecule has 2 saturated heterocycles. The molecule has 1 spiro atoms. The maximum absolute atomic E-state index is 12.6. The van der Waals surface area contributed by atoms with Gasteiger partial charge in [-0.05, 0) is 39.8 Å². The van der Waals surface area contributed by atoms with Gasteiger partial charge in [0.2, 0.25) is 5.91 Å². The number of methoxy groups -OCH3 is 1. The van der Waals surface area contributed by atoms with Gasteiger partial charge in [-0.2, -0.15) is 0 Å². The lowest BCUT2D eigenvalue weighted by Gasteiger charge is -2.41. The lowest BCUT2D eigenvalue weighted by molar-refractivity contribution is -0.133. The summed E-state index contributed by atoms with van der Waals surface area (Å²) >= 11 is 1.74. The van der Waals surface area contributed by atoms with E-state index in [-0.39, 0.29) is 11.3 Å². The molecule has 2 fully saturated rings. The van der Waals surface area contributed by atoms with E-state index >= 15 is 0 Å². The van der Waals surface area contributed by atoms with Crippen LogP contribution in [0.25, 0.3) is 0 Å². The fourth-order valence-electron chi connectivity index (χ4n) is 4.08. The normalized spacial score (nSPS) is 24.7. The van der Waals surface area contributed by atoms with E-state index in [1.807, 2.05) is 10.4 Å². The van der Waals surface area contributed by atoms with Crippen LogP contribution in [0.5, 0.6) is 0 Å². The molecule has 0 bridgehead atoms. The quantitative estimate of drug-likeness (QED) is 0.826. The standard InChI is InChI=1S/C17H27N3O2S/c1-4-20-11-17(14(10-22-3)16(20)21)5-7-19(8-6-17)9-15-13(2)18-12-23-15/h12,14H,4-11H2,1-3H3/t14-/m0/s1. The van der Waals surface area contributed by atoms with Crippen LogP contribution in [-0.2, 0) is 16.1 Å². The molecule has 0 saturated carbocycles. The van der Waals surface area contributed by atoms with Crippen molar-refractivity contribution in [1.29, 1.82) is 0 Å². The number of aromatic nitrogens is 1. The van der Waals surface area contributed by atoms with Crippen molar-refractivity contribution < 1.29 is 9.53 Å². The predicted octanol–water partition coefficient (Wildman–Crippen LogP) is 2.16. The first-order chi connectivity index (χ1) is 11.1. The monoisotopic (exact) mass is 337 g/mol. The van der Waals surface area contributed by atoms with Gasteiger partial charge in [0.25, 0.3) is 0 Å². The molecule has 0 unspecified atom stereocenters. The third kappa shape index (κ3) is 3.16. The van der Waals surface area contributed by atoms with Crippen LogP contribution >= 0.6 is 11.3 Å². The largest absolute Gasteiger partial charge is 0.384 e. The lowest BCUT2D eigenvalue weighted by atomic mass is 9.71. The first-order valence-corrected chi connectivity index (χ1v) is 9.36. The molecule has 128 valence electrons. The molecule has 2 aliphatic rings. The highest BCUT2D eigenvalue weighted by Crippen LogP contribution is 2.45. The molecule has 1 aromatic rings. The van der Waals surface area contributed by atoms with Gasteiger partial charge in [-0.15, -0.1) is 11.3 Å². The van der Waals surface area contributed by atoms with Crippen LogP contribution in [0.4, 0.5) is 0 Å². The van der Waals surface area contributed by atoms with Crippen molar-refractivity contribution in [3.05, 3.63) is 16.1 Å². The van der Waals surface area contributed by atoms with Crippen molar-refractivity contribution in [1.82, 2.24) is 14.8 Å². The minimum absolute atomic E-state index is 0.0414.